The van der Waals surface area contributed by atoms with Gasteiger partial charge in [0.1, 0.15) is 5.75 Å². The van der Waals surface area contributed by atoms with Crippen molar-refractivity contribution in [1.82, 2.24) is 5.43 Å². The Morgan fingerprint density at radius 1 is 1.22 bits per heavy atom. The average Bonchev–Trinajstić information content (AvgIpc) is 2.53. The van der Waals surface area contributed by atoms with Gasteiger partial charge in [-0.05, 0) is 42.7 Å². The van der Waals surface area contributed by atoms with Gasteiger partial charge in [-0.1, -0.05) is 43.7 Å². The number of benzene rings is 2. The van der Waals surface area contributed by atoms with Gasteiger partial charge in [0.15, 0.2) is 0 Å². The van der Waals surface area contributed by atoms with Gasteiger partial charge in [0.2, 0.25) is 0 Å². The van der Waals surface area contributed by atoms with Gasteiger partial charge in [0.05, 0.1) is 12.8 Å². The molecule has 0 fully saturated rings. The third kappa shape index (κ3) is 5.58. The van der Waals surface area contributed by atoms with Crippen LogP contribution in [0.25, 0.3) is 0 Å². The van der Waals surface area contributed by atoms with E-state index in [1.54, 1.807) is 30.5 Å². The molecule has 0 bridgehead atoms. The van der Waals surface area contributed by atoms with Gasteiger partial charge < -0.3 is 4.74 Å². The van der Waals surface area contributed by atoms with Gasteiger partial charge in [-0.15, -0.1) is 0 Å². The highest BCUT2D eigenvalue weighted by Gasteiger charge is 2.04. The molecule has 0 atom stereocenters. The van der Waals surface area contributed by atoms with E-state index in [0.717, 1.165) is 16.9 Å². The van der Waals surface area contributed by atoms with Crippen LogP contribution in [0.1, 0.15) is 35.3 Å². The molecule has 2 aromatic rings. The Balaban J connectivity index is 1.90. The lowest BCUT2D eigenvalue weighted by atomic mass is 10.2. The summed E-state index contributed by atoms with van der Waals surface area (Å²) in [6.45, 7) is 6.85. The Kier molecular flexibility index (Phi) is 5.92. The SMILES string of the molecule is Cc1cccc(/C=N/NC(=O)c2ccc(OCC(C)C)cc2)c1. The first-order valence-electron chi connectivity index (χ1n) is 7.67. The van der Waals surface area contributed by atoms with Gasteiger partial charge in [0.25, 0.3) is 5.91 Å². The molecule has 120 valence electrons. The number of ether oxygens (including phenoxy) is 1. The van der Waals surface area contributed by atoms with Crippen molar-refractivity contribution in [1.29, 1.82) is 0 Å². The zero-order valence-electron chi connectivity index (χ0n) is 13.7. The van der Waals surface area contributed by atoms with E-state index < -0.39 is 0 Å². The minimum Gasteiger partial charge on any atom is -0.493 e. The lowest BCUT2D eigenvalue weighted by molar-refractivity contribution is 0.0955. The topological polar surface area (TPSA) is 50.7 Å². The molecular formula is C19H22N2O2. The van der Waals surface area contributed by atoms with E-state index in [0.29, 0.717) is 18.1 Å². The highest BCUT2D eigenvalue weighted by Crippen LogP contribution is 2.13. The highest BCUT2D eigenvalue weighted by molar-refractivity contribution is 5.95. The summed E-state index contributed by atoms with van der Waals surface area (Å²) in [6, 6.07) is 14.9. The van der Waals surface area contributed by atoms with Crippen LogP contribution in [0, 0.1) is 12.8 Å². The Morgan fingerprint density at radius 2 is 1.96 bits per heavy atom. The van der Waals surface area contributed by atoms with Crippen molar-refractivity contribution in [3.63, 3.8) is 0 Å². The number of amides is 1. The van der Waals surface area contributed by atoms with Crippen molar-refractivity contribution in [2.24, 2.45) is 11.0 Å². The molecule has 1 amide bonds. The molecule has 1 N–H and O–H groups in total. The van der Waals surface area contributed by atoms with Crippen LogP contribution >= 0.6 is 0 Å². The standard InChI is InChI=1S/C19H22N2O2/c1-14(2)13-23-18-9-7-17(8-10-18)19(22)21-20-12-16-6-4-5-15(3)11-16/h4-12,14H,13H2,1-3H3,(H,21,22)/b20-12+. The number of hydrazone groups is 1. The second-order valence-electron chi connectivity index (χ2n) is 5.84. The second kappa shape index (κ2) is 8.13. The van der Waals surface area contributed by atoms with E-state index in [4.69, 9.17) is 4.74 Å². The molecule has 0 aliphatic carbocycles. The van der Waals surface area contributed by atoms with Crippen LogP contribution in [-0.2, 0) is 0 Å². The number of aryl methyl sites for hydroxylation is 1. The fourth-order valence-electron chi connectivity index (χ4n) is 1.95. The number of rotatable bonds is 6. The number of carbonyl (C=O) groups is 1. The normalized spacial score (nSPS) is 11.0. The highest BCUT2D eigenvalue weighted by atomic mass is 16.5. The molecule has 0 aliphatic rings. The molecular weight excluding hydrogens is 288 g/mol. The summed E-state index contributed by atoms with van der Waals surface area (Å²) in [4.78, 5) is 12.0. The average molecular weight is 310 g/mol. The first kappa shape index (κ1) is 16.7. The third-order valence-electron chi connectivity index (χ3n) is 3.12. The van der Waals surface area contributed by atoms with Crippen LogP contribution in [0.5, 0.6) is 5.75 Å². The van der Waals surface area contributed by atoms with Gasteiger partial charge in [-0.2, -0.15) is 5.10 Å². The number of carbonyl (C=O) groups excluding carboxylic acids is 1. The lowest BCUT2D eigenvalue weighted by Crippen LogP contribution is -2.17. The van der Waals surface area contributed by atoms with Crippen molar-refractivity contribution in [2.75, 3.05) is 6.61 Å². The molecule has 0 saturated heterocycles. The molecule has 0 heterocycles. The van der Waals surface area contributed by atoms with Crippen LogP contribution in [-0.4, -0.2) is 18.7 Å². The zero-order chi connectivity index (χ0) is 16.7. The van der Waals surface area contributed by atoms with Gasteiger partial charge >= 0.3 is 0 Å². The maximum Gasteiger partial charge on any atom is 0.271 e. The van der Waals surface area contributed by atoms with E-state index >= 15 is 0 Å². The predicted octanol–water partition coefficient (Wildman–Crippen LogP) is 3.79. The molecule has 4 nitrogen and oxygen atoms in total. The van der Waals surface area contributed by atoms with Crippen molar-refractivity contribution in [2.45, 2.75) is 20.8 Å². The fourth-order valence-corrected chi connectivity index (χ4v) is 1.95. The lowest BCUT2D eigenvalue weighted by Gasteiger charge is -2.08. The summed E-state index contributed by atoms with van der Waals surface area (Å²) in [5, 5.41) is 3.99. The zero-order valence-corrected chi connectivity index (χ0v) is 13.7. The number of nitrogens with zero attached hydrogens (tertiary/aromatic N) is 1. The molecule has 2 rings (SSSR count). The van der Waals surface area contributed by atoms with Crippen LogP contribution in [0.15, 0.2) is 53.6 Å². The second-order valence-corrected chi connectivity index (χ2v) is 5.84. The van der Waals surface area contributed by atoms with E-state index in [2.05, 4.69) is 24.4 Å². The van der Waals surface area contributed by atoms with Gasteiger partial charge in [-0.25, -0.2) is 5.43 Å². The number of nitrogens with one attached hydrogen (secondary N) is 1. The first-order valence-corrected chi connectivity index (χ1v) is 7.67. The minimum absolute atomic E-state index is 0.246. The summed E-state index contributed by atoms with van der Waals surface area (Å²) in [5.41, 5.74) is 5.17. The van der Waals surface area contributed by atoms with Crippen LogP contribution in [0.3, 0.4) is 0 Å². The third-order valence-corrected chi connectivity index (χ3v) is 3.12. The van der Waals surface area contributed by atoms with Crippen LogP contribution in [0.2, 0.25) is 0 Å². The Labute approximate surface area is 137 Å². The maximum absolute atomic E-state index is 12.0. The fraction of sp³-hybridized carbons (Fsp3) is 0.263. The van der Waals surface area contributed by atoms with Crippen molar-refractivity contribution in [3.8, 4) is 5.75 Å². The van der Waals surface area contributed by atoms with Crippen molar-refractivity contribution < 1.29 is 9.53 Å². The first-order chi connectivity index (χ1) is 11.0. The molecule has 0 radical (unpaired) electrons. The summed E-state index contributed by atoms with van der Waals surface area (Å²) in [5.74, 6) is 0.983. The van der Waals surface area contributed by atoms with Crippen LogP contribution < -0.4 is 10.2 Å². The van der Waals surface area contributed by atoms with E-state index in [-0.39, 0.29) is 5.91 Å². The monoisotopic (exact) mass is 310 g/mol. The van der Waals surface area contributed by atoms with Crippen molar-refractivity contribution in [3.05, 3.63) is 65.2 Å². The van der Waals surface area contributed by atoms with E-state index in [9.17, 15) is 4.79 Å². The summed E-state index contributed by atoms with van der Waals surface area (Å²) in [7, 11) is 0. The molecule has 0 aliphatic heterocycles. The molecule has 0 spiro atoms. The smallest absolute Gasteiger partial charge is 0.271 e. The Morgan fingerprint density at radius 3 is 2.61 bits per heavy atom. The molecule has 0 saturated carbocycles. The molecule has 23 heavy (non-hydrogen) atoms. The number of hydrogen-bond donors (Lipinski definition) is 1. The van der Waals surface area contributed by atoms with Crippen molar-refractivity contribution >= 4 is 12.1 Å². The molecule has 4 heteroatoms. The molecule has 2 aromatic carbocycles. The predicted molar refractivity (Wildman–Crippen MR) is 93.0 cm³/mol. The van der Waals surface area contributed by atoms with Gasteiger partial charge in [0, 0.05) is 5.56 Å². The maximum atomic E-state index is 12.0. The largest absolute Gasteiger partial charge is 0.493 e. The summed E-state index contributed by atoms with van der Waals surface area (Å²) >= 11 is 0. The minimum atomic E-state index is -0.246. The van der Waals surface area contributed by atoms with Gasteiger partial charge in [-0.3, -0.25) is 4.79 Å². The van der Waals surface area contributed by atoms with E-state index in [1.807, 2.05) is 31.2 Å². The Bertz CT molecular complexity index is 676. The summed E-state index contributed by atoms with van der Waals surface area (Å²) < 4.78 is 5.59. The summed E-state index contributed by atoms with van der Waals surface area (Å²) in [6.07, 6.45) is 1.63. The molecule has 0 aromatic heterocycles. The number of hydrogen-bond acceptors (Lipinski definition) is 3. The Hall–Kier alpha value is -2.62. The quantitative estimate of drug-likeness (QED) is 0.652. The van der Waals surface area contributed by atoms with E-state index in [1.165, 1.54) is 0 Å². The van der Waals surface area contributed by atoms with Crippen LogP contribution in [0.4, 0.5) is 0 Å². The molecule has 0 unspecified atom stereocenters.